The van der Waals surface area contributed by atoms with Crippen molar-refractivity contribution in [3.05, 3.63) is 224 Å². The van der Waals surface area contributed by atoms with Crippen molar-refractivity contribution in [3.63, 3.8) is 0 Å². The molecule has 0 aliphatic carbocycles. The fraction of sp³-hybridized carbons (Fsp3) is 0. The zero-order chi connectivity index (χ0) is 38.4. The van der Waals surface area contributed by atoms with Crippen LogP contribution in [0.3, 0.4) is 0 Å². The van der Waals surface area contributed by atoms with Crippen molar-refractivity contribution in [2.75, 3.05) is 4.90 Å². The third-order valence-corrected chi connectivity index (χ3v) is 11.4. The summed E-state index contributed by atoms with van der Waals surface area (Å²) in [5.74, 6) is 0. The molecule has 0 saturated heterocycles. The lowest BCUT2D eigenvalue weighted by Crippen LogP contribution is -2.10. The van der Waals surface area contributed by atoms with Gasteiger partial charge in [-0.2, -0.15) is 0 Å². The molecule has 0 spiro atoms. The van der Waals surface area contributed by atoms with Gasteiger partial charge in [-0.05, 0) is 91.3 Å². The van der Waals surface area contributed by atoms with Crippen LogP contribution in [0, 0.1) is 0 Å². The molecule has 0 aliphatic heterocycles. The van der Waals surface area contributed by atoms with Crippen LogP contribution in [0.4, 0.5) is 17.1 Å². The van der Waals surface area contributed by atoms with Crippen molar-refractivity contribution < 1.29 is 4.42 Å². The molecule has 0 fully saturated rings. The molecule has 11 aromatic rings. The Bertz CT molecular complexity index is 3190. The Morgan fingerprint density at radius 3 is 1.22 bits per heavy atom. The first-order valence-electron chi connectivity index (χ1n) is 19.8. The van der Waals surface area contributed by atoms with E-state index in [1.165, 1.54) is 43.8 Å². The molecule has 1 heterocycles. The van der Waals surface area contributed by atoms with Crippen molar-refractivity contribution in [2.45, 2.75) is 0 Å². The maximum absolute atomic E-state index is 6.92. The molecule has 10 aromatic carbocycles. The summed E-state index contributed by atoms with van der Waals surface area (Å²) in [6, 6.07) is 80.4. The summed E-state index contributed by atoms with van der Waals surface area (Å²) >= 11 is 0. The van der Waals surface area contributed by atoms with E-state index in [1.807, 2.05) is 0 Å². The Morgan fingerprint density at radius 2 is 0.672 bits per heavy atom. The summed E-state index contributed by atoms with van der Waals surface area (Å²) in [5.41, 5.74) is 14.3. The molecule has 0 aliphatic rings. The second-order valence-corrected chi connectivity index (χ2v) is 14.8. The lowest BCUT2D eigenvalue weighted by molar-refractivity contribution is 0.671. The van der Waals surface area contributed by atoms with Crippen LogP contribution in [0.5, 0.6) is 0 Å². The van der Waals surface area contributed by atoms with Crippen LogP contribution >= 0.6 is 0 Å². The number of fused-ring (bicyclic) bond motifs is 5. The molecule has 0 unspecified atom stereocenters. The number of anilines is 3. The number of hydrogen-bond donors (Lipinski definition) is 0. The van der Waals surface area contributed by atoms with Crippen molar-refractivity contribution in [1.29, 1.82) is 0 Å². The summed E-state index contributed by atoms with van der Waals surface area (Å²) < 4.78 is 6.92. The first kappa shape index (κ1) is 33.6. The van der Waals surface area contributed by atoms with E-state index in [2.05, 4.69) is 229 Å². The Hall–Kier alpha value is -7.68. The molecule has 2 heteroatoms. The highest BCUT2D eigenvalue weighted by molar-refractivity contribution is 6.21. The molecule has 0 radical (unpaired) electrons. The smallest absolute Gasteiger partial charge is 0.143 e. The van der Waals surface area contributed by atoms with Crippen molar-refractivity contribution >= 4 is 60.5 Å². The molecule has 11 rings (SSSR count). The van der Waals surface area contributed by atoms with Gasteiger partial charge in [-0.1, -0.05) is 188 Å². The van der Waals surface area contributed by atoms with Gasteiger partial charge in [0, 0.05) is 39.0 Å². The number of benzene rings is 10. The monoisotopic (exact) mass is 739 g/mol. The van der Waals surface area contributed by atoms with Gasteiger partial charge in [0.15, 0.2) is 0 Å². The van der Waals surface area contributed by atoms with Gasteiger partial charge in [-0.15, -0.1) is 0 Å². The van der Waals surface area contributed by atoms with Crippen LogP contribution in [0.1, 0.15) is 0 Å². The van der Waals surface area contributed by atoms with Crippen LogP contribution in [-0.4, -0.2) is 0 Å². The second kappa shape index (κ2) is 14.1. The number of furan rings is 1. The number of nitrogens with zero attached hydrogens (tertiary/aromatic N) is 1. The Kier molecular flexibility index (Phi) is 8.19. The van der Waals surface area contributed by atoms with Crippen molar-refractivity contribution in [2.24, 2.45) is 0 Å². The third kappa shape index (κ3) is 5.66. The normalized spacial score (nSPS) is 11.4. The minimum Gasteiger partial charge on any atom is -0.455 e. The number of hydrogen-bond acceptors (Lipinski definition) is 2. The number of rotatable bonds is 7. The Balaban J connectivity index is 1.12. The third-order valence-electron chi connectivity index (χ3n) is 11.4. The zero-order valence-electron chi connectivity index (χ0n) is 31.7. The van der Waals surface area contributed by atoms with E-state index in [0.717, 1.165) is 61.3 Å². The van der Waals surface area contributed by atoms with E-state index in [-0.39, 0.29) is 0 Å². The average Bonchev–Trinajstić information content (AvgIpc) is 3.68. The fourth-order valence-corrected chi connectivity index (χ4v) is 8.85. The topological polar surface area (TPSA) is 16.4 Å². The van der Waals surface area contributed by atoms with Gasteiger partial charge in [0.1, 0.15) is 11.2 Å². The van der Waals surface area contributed by atoms with Gasteiger partial charge in [0.25, 0.3) is 0 Å². The largest absolute Gasteiger partial charge is 0.455 e. The predicted octanol–water partition coefficient (Wildman–Crippen LogP) is 16.0. The molecule has 0 bridgehead atoms. The average molecular weight is 740 g/mol. The molecular formula is C56H37NO. The SMILES string of the molecule is c1ccc(-c2c3ccccc3c(-c3ccc(N(c4ccccc4)c4cc(-c5ccccc5)c5oc6c(-c7ccccc7)cccc6c5c4)cc3)c3ccccc23)cc1. The Morgan fingerprint density at radius 1 is 0.259 bits per heavy atom. The number of para-hydroxylation sites is 2. The highest BCUT2D eigenvalue weighted by Crippen LogP contribution is 2.47. The molecule has 2 nitrogen and oxygen atoms in total. The molecule has 0 amide bonds. The van der Waals surface area contributed by atoms with Gasteiger partial charge >= 0.3 is 0 Å². The Labute approximate surface area is 337 Å². The van der Waals surface area contributed by atoms with Gasteiger partial charge in [-0.3, -0.25) is 0 Å². The molecule has 0 saturated carbocycles. The van der Waals surface area contributed by atoms with E-state index in [0.29, 0.717) is 0 Å². The van der Waals surface area contributed by atoms with Gasteiger partial charge < -0.3 is 9.32 Å². The van der Waals surface area contributed by atoms with Gasteiger partial charge in [0.05, 0.1) is 0 Å². The highest BCUT2D eigenvalue weighted by Gasteiger charge is 2.22. The van der Waals surface area contributed by atoms with E-state index in [4.69, 9.17) is 4.42 Å². The maximum atomic E-state index is 6.92. The van der Waals surface area contributed by atoms with E-state index in [9.17, 15) is 0 Å². The minimum atomic E-state index is 0.884. The highest BCUT2D eigenvalue weighted by atomic mass is 16.3. The predicted molar refractivity (Wildman–Crippen MR) is 245 cm³/mol. The lowest BCUT2D eigenvalue weighted by atomic mass is 9.86. The van der Waals surface area contributed by atoms with Crippen LogP contribution < -0.4 is 4.90 Å². The van der Waals surface area contributed by atoms with E-state index >= 15 is 0 Å². The van der Waals surface area contributed by atoms with Crippen LogP contribution in [0.15, 0.2) is 229 Å². The molecule has 1 aromatic heterocycles. The van der Waals surface area contributed by atoms with Crippen molar-refractivity contribution in [3.8, 4) is 44.5 Å². The lowest BCUT2D eigenvalue weighted by Gasteiger charge is -2.26. The molecule has 58 heavy (non-hydrogen) atoms. The van der Waals surface area contributed by atoms with Gasteiger partial charge in [0.2, 0.25) is 0 Å². The molecule has 0 N–H and O–H groups in total. The first-order valence-corrected chi connectivity index (χ1v) is 19.8. The van der Waals surface area contributed by atoms with Crippen LogP contribution in [0.25, 0.3) is 88.0 Å². The fourth-order valence-electron chi connectivity index (χ4n) is 8.85. The van der Waals surface area contributed by atoms with E-state index < -0.39 is 0 Å². The molecular weight excluding hydrogens is 703 g/mol. The van der Waals surface area contributed by atoms with Gasteiger partial charge in [-0.25, -0.2) is 0 Å². The van der Waals surface area contributed by atoms with Crippen molar-refractivity contribution in [1.82, 2.24) is 0 Å². The van der Waals surface area contributed by atoms with Crippen LogP contribution in [-0.2, 0) is 0 Å². The first-order chi connectivity index (χ1) is 28.8. The summed E-state index contributed by atoms with van der Waals surface area (Å²) in [4.78, 5) is 2.37. The summed E-state index contributed by atoms with van der Waals surface area (Å²) in [6.45, 7) is 0. The second-order valence-electron chi connectivity index (χ2n) is 14.8. The maximum Gasteiger partial charge on any atom is 0.143 e. The summed E-state index contributed by atoms with van der Waals surface area (Å²) in [6.07, 6.45) is 0. The standard InChI is InChI=1S/C56H37NO/c1-5-18-38(19-6-1)45-30-17-31-50-52-37-44(36-51(56(52)58-55(45)50)39-20-7-2-8-21-39)57(42-24-11-4-12-25-42)43-34-32-41(33-35-43)54-48-28-15-13-26-46(48)53(40-22-9-3-10-23-40)47-27-14-16-29-49(47)54/h1-37H. The minimum absolute atomic E-state index is 0.884. The summed E-state index contributed by atoms with van der Waals surface area (Å²) in [7, 11) is 0. The zero-order valence-corrected chi connectivity index (χ0v) is 31.7. The quantitative estimate of drug-likeness (QED) is 0.151. The summed E-state index contributed by atoms with van der Waals surface area (Å²) in [5, 5.41) is 7.16. The molecule has 0 atom stereocenters. The molecule has 272 valence electrons. The van der Waals surface area contributed by atoms with Crippen LogP contribution in [0.2, 0.25) is 0 Å². The van der Waals surface area contributed by atoms with E-state index in [1.54, 1.807) is 0 Å².